The maximum absolute atomic E-state index is 13.0. The second-order valence-electron chi connectivity index (χ2n) is 17.6. The molecule has 0 saturated carbocycles. The first-order chi connectivity index (χ1) is 35.4. The molecule has 5 amide bonds. The summed E-state index contributed by atoms with van der Waals surface area (Å²) in [6, 6.07) is 9.29. The zero-order valence-electron chi connectivity index (χ0n) is 41.2. The van der Waals surface area contributed by atoms with Gasteiger partial charge in [-0.05, 0) is 37.7 Å². The number of carboxylic acids is 1. The second kappa shape index (κ2) is 35.3. The molecular formula is C46H75N7O21. The topological polar surface area (TPSA) is 414 Å². The molecule has 2 fully saturated rings. The van der Waals surface area contributed by atoms with Crippen LogP contribution in [-0.2, 0) is 63.9 Å². The largest absolute Gasteiger partial charge is 0.480 e. The van der Waals surface area contributed by atoms with Gasteiger partial charge in [-0.25, -0.2) is 0 Å². The fourth-order valence-corrected chi connectivity index (χ4v) is 7.45. The number of benzene rings is 1. The fraction of sp³-hybridized carbons (Fsp3) is 0.717. The highest BCUT2D eigenvalue weighted by Gasteiger charge is 2.45. The number of carboxylic acid groups (broad SMARTS) is 1. The molecule has 420 valence electrons. The van der Waals surface area contributed by atoms with Crippen LogP contribution in [0.15, 0.2) is 30.3 Å². The summed E-state index contributed by atoms with van der Waals surface area (Å²) in [6.07, 6.45) is -11.6. The number of carbonyl (C=O) groups is 7. The van der Waals surface area contributed by atoms with E-state index in [2.05, 4.69) is 26.6 Å². The molecule has 2 heterocycles. The molecule has 28 heteroatoms. The molecule has 0 spiro atoms. The van der Waals surface area contributed by atoms with Crippen molar-refractivity contribution in [3.63, 3.8) is 0 Å². The maximum atomic E-state index is 13.0. The minimum atomic E-state index is -1.67. The third-order valence-corrected chi connectivity index (χ3v) is 11.4. The van der Waals surface area contributed by atoms with Gasteiger partial charge in [0.25, 0.3) is 0 Å². The summed E-state index contributed by atoms with van der Waals surface area (Å²) in [7, 11) is 0. The third-order valence-electron chi connectivity index (χ3n) is 11.4. The van der Waals surface area contributed by atoms with Crippen LogP contribution < -0.4 is 26.6 Å². The van der Waals surface area contributed by atoms with Crippen LogP contribution in [0.25, 0.3) is 0 Å². The monoisotopic (exact) mass is 1060 g/mol. The molecule has 0 aromatic heterocycles. The molecule has 2 aliphatic heterocycles. The summed E-state index contributed by atoms with van der Waals surface area (Å²) in [4.78, 5) is 89.8. The van der Waals surface area contributed by atoms with Crippen LogP contribution in [0.1, 0.15) is 50.5 Å². The van der Waals surface area contributed by atoms with Crippen molar-refractivity contribution in [1.82, 2.24) is 36.4 Å². The van der Waals surface area contributed by atoms with Gasteiger partial charge >= 0.3 is 11.9 Å². The first kappa shape index (κ1) is 63.2. The minimum absolute atomic E-state index is 0.159. The van der Waals surface area contributed by atoms with Crippen molar-refractivity contribution >= 4 is 41.5 Å². The standard InChI is InChI=1S/C46H75N7O21/c54-26-30-39(64)41(66)43(68)45(73-30)70-18-16-50-35(59)21-52(22-36(60)51-17-19-71-46-44(69)42(67)40(65)31(27-55)74-46)20-32(56)48-14-8-3-9-15-49-34(58)24-53(25-37(61)62)23-33(57)47-13-7-2-6-12-38(63)72-28-29-10-4-1-5-11-29/h1,4-5,10-11,30-31,39-46,54-55,64-69H,2-3,6-9,12-28H2,(H,47,57)(H,48,56)(H,49,58)(H,50,59)(H,51,60)(H,61,62)/t30-,31-,39-,40-,41+,42+,43+,44+,45+,46+/m1/s1. The number of carbonyl (C=O) groups excluding carboxylic acids is 6. The summed E-state index contributed by atoms with van der Waals surface area (Å²) in [6.45, 7) is -3.84. The van der Waals surface area contributed by atoms with E-state index < -0.39 is 136 Å². The smallest absolute Gasteiger partial charge is 0.317 e. The predicted molar refractivity (Wildman–Crippen MR) is 254 cm³/mol. The lowest BCUT2D eigenvalue weighted by Gasteiger charge is -2.39. The molecule has 1 aromatic carbocycles. The van der Waals surface area contributed by atoms with Crippen LogP contribution in [0.3, 0.4) is 0 Å². The normalized spacial score (nSPS) is 23.7. The van der Waals surface area contributed by atoms with Gasteiger partial charge in [0.1, 0.15) is 55.4 Å². The van der Waals surface area contributed by atoms with Gasteiger partial charge in [0.15, 0.2) is 12.6 Å². The second-order valence-corrected chi connectivity index (χ2v) is 17.6. The number of hydrogen-bond acceptors (Lipinski definition) is 22. The summed E-state index contributed by atoms with van der Waals surface area (Å²) in [5.41, 5.74) is 0.888. The molecule has 0 aliphatic carbocycles. The van der Waals surface area contributed by atoms with Crippen molar-refractivity contribution in [3.05, 3.63) is 35.9 Å². The lowest BCUT2D eigenvalue weighted by molar-refractivity contribution is -0.300. The van der Waals surface area contributed by atoms with E-state index in [4.69, 9.17) is 23.7 Å². The minimum Gasteiger partial charge on any atom is -0.480 e. The number of rotatable bonds is 36. The van der Waals surface area contributed by atoms with Gasteiger partial charge in [0, 0.05) is 39.1 Å². The Labute approximate surface area is 427 Å². The number of hydrogen-bond donors (Lipinski definition) is 14. The number of amides is 5. The Balaban J connectivity index is 1.36. The number of nitrogens with one attached hydrogen (secondary N) is 5. The SMILES string of the molecule is O=C(O)CN(CC(=O)NCCCCCNC(=O)CN(CC(=O)NCCO[C@H]1O[C@H](CO)[C@@H](O)[C@H](O)[C@@H]1O)CC(=O)NCCO[C@H]1O[C@H](CO)[C@@H](O)[C@H](O)[C@@H]1O)CC(=O)NCCCCCC(=O)OCc1ccccc1. The predicted octanol–water partition coefficient (Wildman–Crippen LogP) is -6.64. The van der Waals surface area contributed by atoms with E-state index in [0.29, 0.717) is 45.1 Å². The number of ether oxygens (including phenoxy) is 5. The fourth-order valence-electron chi connectivity index (χ4n) is 7.45. The van der Waals surface area contributed by atoms with E-state index >= 15 is 0 Å². The van der Waals surface area contributed by atoms with Gasteiger partial charge in [-0.1, -0.05) is 36.8 Å². The van der Waals surface area contributed by atoms with Crippen LogP contribution in [0.4, 0.5) is 0 Å². The Morgan fingerprint density at radius 1 is 0.486 bits per heavy atom. The first-order valence-corrected chi connectivity index (χ1v) is 24.5. The van der Waals surface area contributed by atoms with Crippen LogP contribution in [-0.4, -0.2) is 257 Å². The third kappa shape index (κ3) is 24.5. The molecule has 2 aliphatic rings. The van der Waals surface area contributed by atoms with Gasteiger partial charge in [-0.3, -0.25) is 43.4 Å². The van der Waals surface area contributed by atoms with E-state index in [0.717, 1.165) is 5.56 Å². The zero-order chi connectivity index (χ0) is 54.4. The van der Waals surface area contributed by atoms with Crippen LogP contribution >= 0.6 is 0 Å². The lowest BCUT2D eigenvalue weighted by atomic mass is 9.99. The van der Waals surface area contributed by atoms with Crippen molar-refractivity contribution in [1.29, 1.82) is 0 Å². The Hall–Kier alpha value is -5.05. The quantitative estimate of drug-likeness (QED) is 0.0219. The van der Waals surface area contributed by atoms with Gasteiger partial charge in [-0.15, -0.1) is 0 Å². The molecule has 3 rings (SSSR count). The Morgan fingerprint density at radius 2 is 0.865 bits per heavy atom. The van der Waals surface area contributed by atoms with E-state index in [9.17, 15) is 79.5 Å². The van der Waals surface area contributed by atoms with Crippen molar-refractivity contribution in [2.75, 3.05) is 98.4 Å². The van der Waals surface area contributed by atoms with E-state index in [1.54, 1.807) is 0 Å². The Kier molecular flexibility index (Phi) is 30.1. The van der Waals surface area contributed by atoms with E-state index in [1.807, 2.05) is 30.3 Å². The molecule has 1 aromatic rings. The molecule has 0 radical (unpaired) electrons. The number of aliphatic carboxylic acids is 1. The summed E-state index contributed by atoms with van der Waals surface area (Å²) >= 11 is 0. The first-order valence-electron chi connectivity index (χ1n) is 24.5. The number of nitrogens with zero attached hydrogens (tertiary/aromatic N) is 2. The average Bonchev–Trinajstić information content (AvgIpc) is 3.36. The highest BCUT2D eigenvalue weighted by Crippen LogP contribution is 2.23. The van der Waals surface area contributed by atoms with Crippen molar-refractivity contribution in [2.24, 2.45) is 0 Å². The number of unbranched alkanes of at least 4 members (excludes halogenated alkanes) is 4. The van der Waals surface area contributed by atoms with Crippen LogP contribution in [0.5, 0.6) is 0 Å². The van der Waals surface area contributed by atoms with E-state index in [-0.39, 0.29) is 71.5 Å². The molecule has 14 N–H and O–H groups in total. The van der Waals surface area contributed by atoms with Gasteiger partial charge in [0.2, 0.25) is 29.5 Å². The van der Waals surface area contributed by atoms with Crippen LogP contribution in [0.2, 0.25) is 0 Å². The van der Waals surface area contributed by atoms with Crippen molar-refractivity contribution in [2.45, 2.75) is 113 Å². The van der Waals surface area contributed by atoms with Crippen molar-refractivity contribution < 1.29 is 103 Å². The molecule has 0 unspecified atom stereocenters. The highest BCUT2D eigenvalue weighted by atomic mass is 16.7. The maximum Gasteiger partial charge on any atom is 0.317 e. The highest BCUT2D eigenvalue weighted by molar-refractivity contribution is 5.84. The number of aliphatic hydroxyl groups excluding tert-OH is 8. The van der Waals surface area contributed by atoms with Crippen molar-refractivity contribution in [3.8, 4) is 0 Å². The molecule has 2 saturated heterocycles. The molecular weight excluding hydrogens is 987 g/mol. The Morgan fingerprint density at radius 3 is 1.26 bits per heavy atom. The average molecular weight is 1060 g/mol. The van der Waals surface area contributed by atoms with Gasteiger partial charge in [-0.2, -0.15) is 0 Å². The lowest BCUT2D eigenvalue weighted by Crippen LogP contribution is -2.59. The summed E-state index contributed by atoms with van der Waals surface area (Å²) in [5.74, 6) is -4.35. The van der Waals surface area contributed by atoms with Gasteiger partial charge in [0.05, 0.1) is 65.7 Å². The zero-order valence-corrected chi connectivity index (χ0v) is 41.2. The molecule has 10 atom stereocenters. The number of aliphatic hydroxyl groups is 8. The molecule has 28 nitrogen and oxygen atoms in total. The Bertz CT molecular complexity index is 1800. The van der Waals surface area contributed by atoms with Crippen LogP contribution in [0, 0.1) is 0 Å². The summed E-state index contributed by atoms with van der Waals surface area (Å²) in [5, 5.41) is 101. The van der Waals surface area contributed by atoms with Gasteiger partial charge < -0.3 is 96.2 Å². The van der Waals surface area contributed by atoms with E-state index in [1.165, 1.54) is 9.80 Å². The summed E-state index contributed by atoms with van der Waals surface area (Å²) < 4.78 is 26.5. The molecule has 0 bridgehead atoms. The molecule has 74 heavy (non-hydrogen) atoms. The number of esters is 1.